The number of ether oxygens (including phenoxy) is 1. The minimum Gasteiger partial charge on any atom is -0.481 e. The summed E-state index contributed by atoms with van der Waals surface area (Å²) in [6.45, 7) is 5.55. The lowest BCUT2D eigenvalue weighted by molar-refractivity contribution is -0.151. The summed E-state index contributed by atoms with van der Waals surface area (Å²) in [5.41, 5.74) is -0.780. The van der Waals surface area contributed by atoms with E-state index < -0.39 is 11.4 Å². The molecule has 1 aliphatic heterocycles. The van der Waals surface area contributed by atoms with Gasteiger partial charge >= 0.3 is 5.97 Å². The number of carboxylic acid groups (broad SMARTS) is 1. The molecule has 0 saturated carbocycles. The average molecular weight is 201 g/mol. The highest BCUT2D eigenvalue weighted by molar-refractivity contribution is 5.73. The lowest BCUT2D eigenvalue weighted by Gasteiger charge is -2.27. The Kier molecular flexibility index (Phi) is 3.89. The Morgan fingerprint density at radius 3 is 2.86 bits per heavy atom. The average Bonchev–Trinajstić information content (AvgIpc) is 2.16. The maximum absolute atomic E-state index is 10.8. The lowest BCUT2D eigenvalue weighted by atomic mass is 9.95. The van der Waals surface area contributed by atoms with Crippen molar-refractivity contribution in [2.24, 2.45) is 5.41 Å². The van der Waals surface area contributed by atoms with E-state index in [0.29, 0.717) is 0 Å². The summed E-state index contributed by atoms with van der Waals surface area (Å²) < 4.78 is 5.57. The minimum atomic E-state index is -0.804. The van der Waals surface area contributed by atoms with Gasteiger partial charge in [0.15, 0.2) is 0 Å². The molecule has 1 saturated heterocycles. The number of rotatable bonds is 4. The standard InChI is InChI=1S/C10H19NO3/c1-10(2,9(12)13)7-14-8-4-3-5-11-6-8/h8,11H,3-7H2,1-2H3,(H,12,13). The zero-order valence-electron chi connectivity index (χ0n) is 8.88. The summed E-state index contributed by atoms with van der Waals surface area (Å²) in [6, 6.07) is 0. The molecule has 0 amide bonds. The van der Waals surface area contributed by atoms with E-state index in [9.17, 15) is 4.79 Å². The van der Waals surface area contributed by atoms with Gasteiger partial charge in [-0.3, -0.25) is 4.79 Å². The molecule has 0 aliphatic carbocycles. The quantitative estimate of drug-likeness (QED) is 0.708. The molecule has 1 atom stereocenters. The van der Waals surface area contributed by atoms with Crippen LogP contribution < -0.4 is 5.32 Å². The topological polar surface area (TPSA) is 58.6 Å². The highest BCUT2D eigenvalue weighted by Gasteiger charge is 2.29. The fourth-order valence-electron chi connectivity index (χ4n) is 1.35. The van der Waals surface area contributed by atoms with Crippen molar-refractivity contribution >= 4 is 5.97 Å². The predicted octanol–water partition coefficient (Wildman–Crippen LogP) is 0.866. The molecule has 4 heteroatoms. The van der Waals surface area contributed by atoms with Crippen LogP contribution in [0.1, 0.15) is 26.7 Å². The molecule has 0 spiro atoms. The fourth-order valence-corrected chi connectivity index (χ4v) is 1.35. The molecular formula is C10H19NO3. The summed E-state index contributed by atoms with van der Waals surface area (Å²) in [4.78, 5) is 10.8. The number of carboxylic acids is 1. The molecule has 1 rings (SSSR count). The van der Waals surface area contributed by atoms with Gasteiger partial charge in [-0.05, 0) is 33.2 Å². The van der Waals surface area contributed by atoms with Crippen molar-refractivity contribution in [3.05, 3.63) is 0 Å². The second kappa shape index (κ2) is 4.75. The van der Waals surface area contributed by atoms with Gasteiger partial charge in [0, 0.05) is 6.54 Å². The molecule has 0 bridgehead atoms. The van der Waals surface area contributed by atoms with Crippen LogP contribution >= 0.6 is 0 Å². The van der Waals surface area contributed by atoms with Crippen LogP contribution in [0.5, 0.6) is 0 Å². The molecule has 1 aliphatic rings. The van der Waals surface area contributed by atoms with E-state index in [-0.39, 0.29) is 12.7 Å². The molecule has 1 heterocycles. The molecule has 0 aromatic heterocycles. The van der Waals surface area contributed by atoms with Crippen LogP contribution in [0.3, 0.4) is 0 Å². The fraction of sp³-hybridized carbons (Fsp3) is 0.900. The Morgan fingerprint density at radius 2 is 2.36 bits per heavy atom. The molecule has 82 valence electrons. The molecule has 1 unspecified atom stereocenters. The van der Waals surface area contributed by atoms with Crippen molar-refractivity contribution in [3.63, 3.8) is 0 Å². The van der Waals surface area contributed by atoms with Crippen molar-refractivity contribution in [1.29, 1.82) is 0 Å². The van der Waals surface area contributed by atoms with E-state index >= 15 is 0 Å². The normalized spacial score (nSPS) is 23.4. The molecule has 0 aromatic rings. The van der Waals surface area contributed by atoms with E-state index in [4.69, 9.17) is 9.84 Å². The van der Waals surface area contributed by atoms with Gasteiger partial charge in [0.2, 0.25) is 0 Å². The van der Waals surface area contributed by atoms with E-state index in [0.717, 1.165) is 25.9 Å². The van der Waals surface area contributed by atoms with E-state index in [1.54, 1.807) is 13.8 Å². The van der Waals surface area contributed by atoms with Crippen LogP contribution in [0.15, 0.2) is 0 Å². The van der Waals surface area contributed by atoms with Crippen LogP contribution in [0, 0.1) is 5.41 Å². The van der Waals surface area contributed by atoms with Crippen molar-refractivity contribution < 1.29 is 14.6 Å². The van der Waals surface area contributed by atoms with Gasteiger partial charge in [-0.2, -0.15) is 0 Å². The van der Waals surface area contributed by atoms with Gasteiger partial charge in [0.05, 0.1) is 18.1 Å². The zero-order chi connectivity index (χ0) is 10.6. The Bertz CT molecular complexity index is 198. The Hall–Kier alpha value is -0.610. The van der Waals surface area contributed by atoms with Gasteiger partial charge in [-0.15, -0.1) is 0 Å². The van der Waals surface area contributed by atoms with Crippen LogP contribution in [0.25, 0.3) is 0 Å². The van der Waals surface area contributed by atoms with Crippen molar-refractivity contribution in [3.8, 4) is 0 Å². The first kappa shape index (κ1) is 11.5. The van der Waals surface area contributed by atoms with Crippen LogP contribution in [0.2, 0.25) is 0 Å². The monoisotopic (exact) mass is 201 g/mol. The van der Waals surface area contributed by atoms with Gasteiger partial charge < -0.3 is 15.2 Å². The summed E-state index contributed by atoms with van der Waals surface area (Å²) in [5, 5.41) is 12.1. The number of carbonyl (C=O) groups is 1. The van der Waals surface area contributed by atoms with Crippen molar-refractivity contribution in [2.75, 3.05) is 19.7 Å². The summed E-state index contributed by atoms with van der Waals surface area (Å²) in [7, 11) is 0. The summed E-state index contributed by atoms with van der Waals surface area (Å²) in [5.74, 6) is -0.804. The first-order valence-electron chi connectivity index (χ1n) is 5.08. The number of aliphatic carboxylic acids is 1. The van der Waals surface area contributed by atoms with E-state index in [1.165, 1.54) is 0 Å². The first-order valence-corrected chi connectivity index (χ1v) is 5.08. The molecule has 1 fully saturated rings. The second-order valence-electron chi connectivity index (χ2n) is 4.47. The molecule has 14 heavy (non-hydrogen) atoms. The predicted molar refractivity (Wildman–Crippen MR) is 53.3 cm³/mol. The molecule has 2 N–H and O–H groups in total. The molecular weight excluding hydrogens is 182 g/mol. The number of hydrogen-bond acceptors (Lipinski definition) is 3. The first-order chi connectivity index (χ1) is 6.52. The van der Waals surface area contributed by atoms with Gasteiger partial charge in [0.1, 0.15) is 0 Å². The van der Waals surface area contributed by atoms with E-state index in [1.807, 2.05) is 0 Å². The van der Waals surface area contributed by atoms with Crippen LogP contribution in [-0.2, 0) is 9.53 Å². The smallest absolute Gasteiger partial charge is 0.311 e. The maximum Gasteiger partial charge on any atom is 0.311 e. The SMILES string of the molecule is CC(C)(COC1CCCNC1)C(=O)O. The highest BCUT2D eigenvalue weighted by atomic mass is 16.5. The van der Waals surface area contributed by atoms with Gasteiger partial charge in [0.25, 0.3) is 0 Å². The van der Waals surface area contributed by atoms with Crippen molar-refractivity contribution in [2.45, 2.75) is 32.8 Å². The number of hydrogen-bond donors (Lipinski definition) is 2. The van der Waals surface area contributed by atoms with Crippen LogP contribution in [0.4, 0.5) is 0 Å². The largest absolute Gasteiger partial charge is 0.481 e. The number of piperidine rings is 1. The molecule has 0 aromatic carbocycles. The van der Waals surface area contributed by atoms with Crippen molar-refractivity contribution in [1.82, 2.24) is 5.32 Å². The molecule has 4 nitrogen and oxygen atoms in total. The zero-order valence-corrected chi connectivity index (χ0v) is 8.88. The third-order valence-corrected chi connectivity index (χ3v) is 2.51. The van der Waals surface area contributed by atoms with Gasteiger partial charge in [-0.25, -0.2) is 0 Å². The minimum absolute atomic E-state index is 0.183. The van der Waals surface area contributed by atoms with Crippen LogP contribution in [-0.4, -0.2) is 36.9 Å². The maximum atomic E-state index is 10.8. The number of nitrogens with one attached hydrogen (secondary N) is 1. The second-order valence-corrected chi connectivity index (χ2v) is 4.47. The van der Waals surface area contributed by atoms with E-state index in [2.05, 4.69) is 5.32 Å². The summed E-state index contributed by atoms with van der Waals surface area (Å²) in [6.07, 6.45) is 2.32. The third-order valence-electron chi connectivity index (χ3n) is 2.51. The Labute approximate surface area is 84.6 Å². The lowest BCUT2D eigenvalue weighted by Crippen LogP contribution is -2.39. The Morgan fingerprint density at radius 1 is 1.64 bits per heavy atom. The van der Waals surface area contributed by atoms with Gasteiger partial charge in [-0.1, -0.05) is 0 Å². The Balaban J connectivity index is 2.28. The summed E-state index contributed by atoms with van der Waals surface area (Å²) >= 11 is 0. The highest BCUT2D eigenvalue weighted by Crippen LogP contribution is 2.18. The third kappa shape index (κ3) is 3.27. The molecule has 0 radical (unpaired) electrons.